The first-order valence-electron chi connectivity index (χ1n) is 8.25. The summed E-state index contributed by atoms with van der Waals surface area (Å²) in [5.41, 5.74) is -0.0565. The molecule has 0 unspecified atom stereocenters. The Labute approximate surface area is 141 Å². The highest BCUT2D eigenvalue weighted by Gasteiger charge is 2.43. The maximum absolute atomic E-state index is 12.8. The summed E-state index contributed by atoms with van der Waals surface area (Å²) >= 11 is 0. The van der Waals surface area contributed by atoms with Crippen molar-refractivity contribution < 1.29 is 9.53 Å². The number of rotatable bonds is 3. The van der Waals surface area contributed by atoms with Crippen LogP contribution < -0.4 is 10.6 Å². The Morgan fingerprint density at radius 2 is 1.59 bits per heavy atom. The Hall–Kier alpha value is -0.320. The number of hydrogen-bond donors (Lipinski definition) is 2. The molecule has 22 heavy (non-hydrogen) atoms. The molecule has 2 rings (SSSR count). The summed E-state index contributed by atoms with van der Waals surface area (Å²) in [6.45, 7) is 10.9. The number of carbonyl (C=O) groups excluding carboxylic acids is 1. The third-order valence-corrected chi connectivity index (χ3v) is 5.11. The van der Waals surface area contributed by atoms with Crippen LogP contribution in [0.3, 0.4) is 0 Å². The lowest BCUT2D eigenvalue weighted by Gasteiger charge is -2.46. The van der Waals surface area contributed by atoms with Crippen LogP contribution in [0.4, 0.5) is 0 Å². The van der Waals surface area contributed by atoms with Crippen LogP contribution in [0.25, 0.3) is 0 Å². The maximum Gasteiger partial charge on any atom is 0.252 e. The number of ether oxygens (including phenoxy) is 1. The molecule has 0 aromatic heterocycles. The average Bonchev–Trinajstić information content (AvgIpc) is 2.35. The summed E-state index contributed by atoms with van der Waals surface area (Å²) in [7, 11) is 1.67. The Bertz CT molecular complexity index is 374. The van der Waals surface area contributed by atoms with Crippen LogP contribution in [0.1, 0.15) is 59.8 Å². The lowest BCUT2D eigenvalue weighted by atomic mass is 9.63. The minimum Gasteiger partial charge on any atom is -0.368 e. The minimum atomic E-state index is -0.628. The van der Waals surface area contributed by atoms with Crippen molar-refractivity contribution in [2.24, 2.45) is 10.8 Å². The van der Waals surface area contributed by atoms with Gasteiger partial charge in [-0.15, -0.1) is 12.4 Å². The van der Waals surface area contributed by atoms with Gasteiger partial charge in [0.2, 0.25) is 0 Å². The Balaban J connectivity index is 0.00000242. The summed E-state index contributed by atoms with van der Waals surface area (Å²) in [6.07, 6.45) is 4.84. The number of amides is 1. The fourth-order valence-electron chi connectivity index (χ4n) is 4.62. The van der Waals surface area contributed by atoms with Crippen LogP contribution in [0.5, 0.6) is 0 Å². The van der Waals surface area contributed by atoms with Gasteiger partial charge in [-0.1, -0.05) is 27.7 Å². The van der Waals surface area contributed by atoms with E-state index in [0.29, 0.717) is 0 Å². The largest absolute Gasteiger partial charge is 0.368 e. The fourth-order valence-corrected chi connectivity index (χ4v) is 4.62. The van der Waals surface area contributed by atoms with Crippen LogP contribution >= 0.6 is 12.4 Å². The molecule has 1 saturated heterocycles. The third-order valence-electron chi connectivity index (χ3n) is 5.11. The molecule has 130 valence electrons. The van der Waals surface area contributed by atoms with E-state index >= 15 is 0 Å². The maximum atomic E-state index is 12.8. The molecular formula is C17H33ClN2O2. The van der Waals surface area contributed by atoms with Crippen molar-refractivity contribution in [1.29, 1.82) is 0 Å². The molecule has 0 aromatic rings. The highest BCUT2D eigenvalue weighted by molar-refractivity contribution is 5.86. The molecule has 5 heteroatoms. The molecule has 2 aliphatic rings. The zero-order valence-electron chi connectivity index (χ0n) is 14.8. The molecule has 1 aliphatic heterocycles. The molecule has 4 nitrogen and oxygen atoms in total. The zero-order chi connectivity index (χ0) is 15.7. The van der Waals surface area contributed by atoms with Gasteiger partial charge < -0.3 is 15.4 Å². The first-order valence-corrected chi connectivity index (χ1v) is 8.25. The Morgan fingerprint density at radius 1 is 1.09 bits per heavy atom. The quantitative estimate of drug-likeness (QED) is 0.835. The molecule has 1 aliphatic carbocycles. The molecule has 1 heterocycles. The van der Waals surface area contributed by atoms with Crippen molar-refractivity contribution in [3.63, 3.8) is 0 Å². The van der Waals surface area contributed by atoms with Crippen molar-refractivity contribution >= 4 is 18.3 Å². The molecule has 1 saturated carbocycles. The Kier molecular flexibility index (Phi) is 6.33. The van der Waals surface area contributed by atoms with Crippen molar-refractivity contribution in [2.45, 2.75) is 71.4 Å². The van der Waals surface area contributed by atoms with Crippen LogP contribution in [-0.4, -0.2) is 37.7 Å². The van der Waals surface area contributed by atoms with Gasteiger partial charge in [0.25, 0.3) is 5.91 Å². The summed E-state index contributed by atoms with van der Waals surface area (Å²) in [6, 6.07) is 0.262. The van der Waals surface area contributed by atoms with E-state index in [-0.39, 0.29) is 35.2 Å². The van der Waals surface area contributed by atoms with Crippen LogP contribution in [0.15, 0.2) is 0 Å². The van der Waals surface area contributed by atoms with Gasteiger partial charge in [-0.05, 0) is 56.0 Å². The predicted molar refractivity (Wildman–Crippen MR) is 92.4 cm³/mol. The second-order valence-corrected chi connectivity index (χ2v) is 8.53. The third kappa shape index (κ3) is 4.59. The van der Waals surface area contributed by atoms with Gasteiger partial charge in [-0.2, -0.15) is 0 Å². The van der Waals surface area contributed by atoms with Gasteiger partial charge in [0, 0.05) is 13.2 Å². The minimum absolute atomic E-state index is 0. The highest BCUT2D eigenvalue weighted by Crippen LogP contribution is 2.45. The van der Waals surface area contributed by atoms with E-state index in [1.165, 1.54) is 6.42 Å². The normalized spacial score (nSPS) is 26.8. The van der Waals surface area contributed by atoms with Gasteiger partial charge in [0.1, 0.15) is 5.60 Å². The van der Waals surface area contributed by atoms with Crippen molar-refractivity contribution in [3.8, 4) is 0 Å². The number of carbonyl (C=O) groups is 1. The van der Waals surface area contributed by atoms with E-state index in [2.05, 4.69) is 38.3 Å². The molecule has 0 radical (unpaired) electrons. The van der Waals surface area contributed by atoms with E-state index in [4.69, 9.17) is 4.74 Å². The van der Waals surface area contributed by atoms with Crippen molar-refractivity contribution in [3.05, 3.63) is 0 Å². The fraction of sp³-hybridized carbons (Fsp3) is 0.941. The summed E-state index contributed by atoms with van der Waals surface area (Å²) in [5, 5.41) is 6.60. The zero-order valence-corrected chi connectivity index (χ0v) is 15.6. The van der Waals surface area contributed by atoms with E-state index in [0.717, 1.165) is 38.8 Å². The molecule has 1 amide bonds. The van der Waals surface area contributed by atoms with Crippen molar-refractivity contribution in [2.75, 3.05) is 20.2 Å². The van der Waals surface area contributed by atoms with Gasteiger partial charge in [-0.25, -0.2) is 0 Å². The molecule has 0 atom stereocenters. The van der Waals surface area contributed by atoms with E-state index in [1.807, 2.05) is 0 Å². The second kappa shape index (κ2) is 7.06. The standard InChI is InChI=1S/C17H32N2O2.ClH/c1-15(2)10-13(11-16(3,4)12-15)19-14(20)17(21-5)6-8-18-9-7-17;/h13,18H,6-12H2,1-5H3,(H,19,20);1H. The monoisotopic (exact) mass is 332 g/mol. The molecule has 2 N–H and O–H groups in total. The molecule has 2 fully saturated rings. The van der Waals surface area contributed by atoms with Crippen LogP contribution in [0, 0.1) is 10.8 Å². The lowest BCUT2D eigenvalue weighted by Crippen LogP contribution is -2.57. The molecule has 0 spiro atoms. The average molecular weight is 333 g/mol. The van der Waals surface area contributed by atoms with Crippen molar-refractivity contribution in [1.82, 2.24) is 10.6 Å². The number of halogens is 1. The smallest absolute Gasteiger partial charge is 0.252 e. The summed E-state index contributed by atoms with van der Waals surface area (Å²) < 4.78 is 5.63. The SMILES string of the molecule is COC1(C(=O)NC2CC(C)(C)CC(C)(C)C2)CCNCC1.Cl. The van der Waals surface area contributed by atoms with E-state index in [1.54, 1.807) is 7.11 Å². The van der Waals surface area contributed by atoms with E-state index in [9.17, 15) is 4.79 Å². The molecular weight excluding hydrogens is 300 g/mol. The van der Waals surface area contributed by atoms with Gasteiger partial charge >= 0.3 is 0 Å². The summed E-state index contributed by atoms with van der Waals surface area (Å²) in [5.74, 6) is 0.0880. The topological polar surface area (TPSA) is 50.4 Å². The number of methoxy groups -OCH3 is 1. The molecule has 0 bridgehead atoms. The first kappa shape index (κ1) is 19.7. The first-order chi connectivity index (χ1) is 9.68. The van der Waals surface area contributed by atoms with Crippen LogP contribution in [0.2, 0.25) is 0 Å². The number of hydrogen-bond acceptors (Lipinski definition) is 3. The van der Waals surface area contributed by atoms with E-state index < -0.39 is 5.60 Å². The van der Waals surface area contributed by atoms with Gasteiger partial charge in [-0.3, -0.25) is 4.79 Å². The Morgan fingerprint density at radius 3 is 2.05 bits per heavy atom. The number of piperidine rings is 1. The second-order valence-electron chi connectivity index (χ2n) is 8.53. The summed E-state index contributed by atoms with van der Waals surface area (Å²) in [4.78, 5) is 12.8. The van der Waals surface area contributed by atoms with Crippen LogP contribution in [-0.2, 0) is 9.53 Å². The van der Waals surface area contributed by atoms with Gasteiger partial charge in [0.15, 0.2) is 0 Å². The predicted octanol–water partition coefficient (Wildman–Crippen LogP) is 2.90. The van der Waals surface area contributed by atoms with Gasteiger partial charge in [0.05, 0.1) is 0 Å². The molecule has 0 aromatic carbocycles. The lowest BCUT2D eigenvalue weighted by molar-refractivity contribution is -0.148. The number of nitrogens with one attached hydrogen (secondary N) is 2. The highest BCUT2D eigenvalue weighted by atomic mass is 35.5.